The van der Waals surface area contributed by atoms with Crippen LogP contribution in [0, 0.1) is 0 Å². The van der Waals surface area contributed by atoms with E-state index in [1.165, 1.54) is 6.20 Å². The number of tetrazole rings is 1. The van der Waals surface area contributed by atoms with Crippen LogP contribution in [-0.2, 0) is 16.6 Å². The highest BCUT2D eigenvalue weighted by atomic mass is 32.2. The number of aromatic nitrogens is 5. The van der Waals surface area contributed by atoms with Crippen LogP contribution in [0.5, 0.6) is 0 Å². The van der Waals surface area contributed by atoms with Crippen molar-refractivity contribution >= 4 is 26.6 Å². The summed E-state index contributed by atoms with van der Waals surface area (Å²) in [5.41, 5.74) is 6.87. The molecule has 2 heterocycles. The molecule has 0 aliphatic rings. The quantitative estimate of drug-likeness (QED) is 0.488. The average molecular weight is 293 g/mol. The number of nitrogens with one attached hydrogen (secondary N) is 3. The highest BCUT2D eigenvalue weighted by Crippen LogP contribution is 2.24. The van der Waals surface area contributed by atoms with Crippen LogP contribution in [0.25, 0.3) is 10.9 Å². The molecular formula is C10H11N7O2S. The molecule has 104 valence electrons. The second-order valence-corrected chi connectivity index (χ2v) is 5.85. The Morgan fingerprint density at radius 2 is 2.20 bits per heavy atom. The van der Waals surface area contributed by atoms with Crippen LogP contribution in [0.1, 0.15) is 5.82 Å². The lowest BCUT2D eigenvalue weighted by Gasteiger charge is -2.03. The molecule has 0 aliphatic heterocycles. The summed E-state index contributed by atoms with van der Waals surface area (Å²) in [6.45, 7) is -0.0412. The number of rotatable bonds is 4. The standard InChI is InChI=1S/C10H11N7O2S/c11-6-1-2-7-8(3-6)12-4-9(7)20(18,19)13-5-10-14-16-17-15-10/h1-4,12-13H,5,11H2,(H,14,15,16,17). The number of benzene rings is 1. The number of nitrogens with two attached hydrogens (primary N) is 1. The topological polar surface area (TPSA) is 142 Å². The normalized spacial score (nSPS) is 12.0. The van der Waals surface area contributed by atoms with Crippen LogP contribution in [0.15, 0.2) is 29.3 Å². The van der Waals surface area contributed by atoms with Gasteiger partial charge in [-0.3, -0.25) is 0 Å². The zero-order valence-corrected chi connectivity index (χ0v) is 11.0. The summed E-state index contributed by atoms with van der Waals surface area (Å²) in [7, 11) is -3.68. The third kappa shape index (κ3) is 2.21. The molecule has 0 aliphatic carbocycles. The van der Waals surface area contributed by atoms with Gasteiger partial charge in [-0.25, -0.2) is 13.1 Å². The van der Waals surface area contributed by atoms with Gasteiger partial charge in [0.25, 0.3) is 0 Å². The molecule has 0 fully saturated rings. The number of anilines is 1. The molecule has 0 spiro atoms. The molecule has 1 aromatic carbocycles. The summed E-state index contributed by atoms with van der Waals surface area (Å²) >= 11 is 0. The van der Waals surface area contributed by atoms with E-state index in [2.05, 4.69) is 30.3 Å². The SMILES string of the molecule is Nc1ccc2c(S(=O)(=O)NCc3nn[nH]n3)c[nH]c2c1. The monoisotopic (exact) mass is 293 g/mol. The van der Waals surface area contributed by atoms with Crippen molar-refractivity contribution < 1.29 is 8.42 Å². The minimum Gasteiger partial charge on any atom is -0.399 e. The van der Waals surface area contributed by atoms with Gasteiger partial charge in [0.15, 0.2) is 5.82 Å². The minimum atomic E-state index is -3.68. The van der Waals surface area contributed by atoms with E-state index in [1.807, 2.05) is 0 Å². The minimum absolute atomic E-state index is 0.0412. The first-order valence-corrected chi connectivity index (χ1v) is 7.13. The van der Waals surface area contributed by atoms with Crippen LogP contribution >= 0.6 is 0 Å². The highest BCUT2D eigenvalue weighted by molar-refractivity contribution is 7.89. The predicted octanol–water partition coefficient (Wildman–Crippen LogP) is -0.258. The van der Waals surface area contributed by atoms with Crippen LogP contribution in [-0.4, -0.2) is 34.0 Å². The van der Waals surface area contributed by atoms with Crippen molar-refractivity contribution in [2.24, 2.45) is 0 Å². The molecule has 0 radical (unpaired) electrons. The lowest BCUT2D eigenvalue weighted by atomic mass is 10.2. The molecule has 0 atom stereocenters. The Morgan fingerprint density at radius 1 is 1.35 bits per heavy atom. The van der Waals surface area contributed by atoms with Gasteiger partial charge in [-0.1, -0.05) is 5.21 Å². The first-order chi connectivity index (χ1) is 9.56. The fourth-order valence-corrected chi connectivity index (χ4v) is 2.99. The molecule has 2 aromatic heterocycles. The van der Waals surface area contributed by atoms with E-state index in [-0.39, 0.29) is 17.3 Å². The van der Waals surface area contributed by atoms with Crippen molar-refractivity contribution in [3.8, 4) is 0 Å². The first-order valence-electron chi connectivity index (χ1n) is 5.65. The van der Waals surface area contributed by atoms with Gasteiger partial charge in [-0.2, -0.15) is 5.21 Å². The van der Waals surface area contributed by atoms with Crippen LogP contribution in [0.3, 0.4) is 0 Å². The Morgan fingerprint density at radius 3 is 2.95 bits per heavy atom. The molecule has 3 rings (SSSR count). The second-order valence-electron chi connectivity index (χ2n) is 4.11. The molecule has 0 bridgehead atoms. The molecule has 0 saturated heterocycles. The van der Waals surface area contributed by atoms with Crippen molar-refractivity contribution in [3.05, 3.63) is 30.2 Å². The summed E-state index contributed by atoms with van der Waals surface area (Å²) in [6, 6.07) is 4.98. The second kappa shape index (κ2) is 4.58. The summed E-state index contributed by atoms with van der Waals surface area (Å²) in [4.78, 5) is 3.03. The lowest BCUT2D eigenvalue weighted by Crippen LogP contribution is -2.23. The van der Waals surface area contributed by atoms with Gasteiger partial charge in [0.1, 0.15) is 4.90 Å². The zero-order chi connectivity index (χ0) is 14.2. The Balaban J connectivity index is 1.93. The average Bonchev–Trinajstić information content (AvgIpc) is 3.05. The molecule has 10 heteroatoms. The van der Waals surface area contributed by atoms with E-state index in [0.717, 1.165) is 0 Å². The van der Waals surface area contributed by atoms with E-state index in [4.69, 9.17) is 5.73 Å². The smallest absolute Gasteiger partial charge is 0.243 e. The van der Waals surface area contributed by atoms with Gasteiger partial charge in [0.2, 0.25) is 10.0 Å². The number of H-pyrrole nitrogens is 2. The molecule has 0 unspecified atom stereocenters. The maximum absolute atomic E-state index is 12.2. The lowest BCUT2D eigenvalue weighted by molar-refractivity contribution is 0.580. The van der Waals surface area contributed by atoms with Crippen molar-refractivity contribution in [2.45, 2.75) is 11.4 Å². The van der Waals surface area contributed by atoms with Gasteiger partial charge < -0.3 is 10.7 Å². The van der Waals surface area contributed by atoms with Gasteiger partial charge in [-0.15, -0.1) is 10.2 Å². The molecular weight excluding hydrogens is 282 g/mol. The summed E-state index contributed by atoms with van der Waals surface area (Å²) in [5.74, 6) is 0.262. The number of nitrogens with zero attached hydrogens (tertiary/aromatic N) is 3. The molecule has 5 N–H and O–H groups in total. The number of hydrogen-bond donors (Lipinski definition) is 4. The molecule has 20 heavy (non-hydrogen) atoms. The largest absolute Gasteiger partial charge is 0.399 e. The van der Waals surface area contributed by atoms with E-state index in [1.54, 1.807) is 18.2 Å². The fourth-order valence-electron chi connectivity index (χ4n) is 1.83. The molecule has 0 saturated carbocycles. The van der Waals surface area contributed by atoms with Crippen molar-refractivity contribution in [1.29, 1.82) is 0 Å². The molecule has 0 amide bonds. The summed E-state index contributed by atoms with van der Waals surface area (Å²) in [5, 5.41) is 13.5. The van der Waals surface area contributed by atoms with Crippen molar-refractivity contribution in [2.75, 3.05) is 5.73 Å². The Kier molecular flexibility index (Phi) is 2.88. The van der Waals surface area contributed by atoms with E-state index in [9.17, 15) is 8.42 Å². The van der Waals surface area contributed by atoms with Crippen LogP contribution in [0.2, 0.25) is 0 Å². The fraction of sp³-hybridized carbons (Fsp3) is 0.100. The van der Waals surface area contributed by atoms with Gasteiger partial charge in [-0.05, 0) is 18.2 Å². The zero-order valence-electron chi connectivity index (χ0n) is 10.2. The van der Waals surface area contributed by atoms with E-state index < -0.39 is 10.0 Å². The Labute approximate surface area is 113 Å². The Hall–Kier alpha value is -2.46. The number of sulfonamides is 1. The van der Waals surface area contributed by atoms with Crippen LogP contribution in [0.4, 0.5) is 5.69 Å². The summed E-state index contributed by atoms with van der Waals surface area (Å²) in [6.07, 6.45) is 1.42. The van der Waals surface area contributed by atoms with Crippen LogP contribution < -0.4 is 10.5 Å². The van der Waals surface area contributed by atoms with Crippen molar-refractivity contribution in [3.63, 3.8) is 0 Å². The third-order valence-electron chi connectivity index (χ3n) is 2.77. The Bertz CT molecular complexity index is 838. The number of fused-ring (bicyclic) bond motifs is 1. The highest BCUT2D eigenvalue weighted by Gasteiger charge is 2.19. The molecule has 9 nitrogen and oxygen atoms in total. The van der Waals surface area contributed by atoms with Gasteiger partial charge in [0, 0.05) is 22.8 Å². The molecule has 3 aromatic rings. The third-order valence-corrected chi connectivity index (χ3v) is 4.21. The number of hydrogen-bond acceptors (Lipinski definition) is 6. The van der Waals surface area contributed by atoms with E-state index >= 15 is 0 Å². The summed E-state index contributed by atoms with van der Waals surface area (Å²) < 4.78 is 26.9. The van der Waals surface area contributed by atoms with Gasteiger partial charge in [0.05, 0.1) is 6.54 Å². The first kappa shape index (κ1) is 12.6. The van der Waals surface area contributed by atoms with E-state index in [0.29, 0.717) is 16.6 Å². The van der Waals surface area contributed by atoms with Gasteiger partial charge >= 0.3 is 0 Å². The number of aromatic amines is 2. The number of nitrogen functional groups attached to an aromatic ring is 1. The maximum Gasteiger partial charge on any atom is 0.243 e. The predicted molar refractivity (Wildman–Crippen MR) is 70.9 cm³/mol. The van der Waals surface area contributed by atoms with Crippen molar-refractivity contribution in [1.82, 2.24) is 30.3 Å². The maximum atomic E-state index is 12.2.